The van der Waals surface area contributed by atoms with Crippen LogP contribution in [0, 0.1) is 6.92 Å². The summed E-state index contributed by atoms with van der Waals surface area (Å²) in [6.45, 7) is 3.14. The van der Waals surface area contributed by atoms with Crippen molar-refractivity contribution in [3.05, 3.63) is 52.9 Å². The third-order valence-electron chi connectivity index (χ3n) is 3.22. The molecule has 0 saturated heterocycles. The van der Waals surface area contributed by atoms with Gasteiger partial charge in [-0.05, 0) is 43.7 Å². The molecule has 122 valence electrons. The van der Waals surface area contributed by atoms with Crippen LogP contribution in [0.15, 0.2) is 41.0 Å². The van der Waals surface area contributed by atoms with Gasteiger partial charge in [0.1, 0.15) is 11.4 Å². The predicted octanol–water partition coefficient (Wildman–Crippen LogP) is 2.20. The van der Waals surface area contributed by atoms with Crippen molar-refractivity contribution >= 4 is 29.1 Å². The van der Waals surface area contributed by atoms with Gasteiger partial charge >= 0.3 is 11.8 Å². The van der Waals surface area contributed by atoms with Crippen molar-refractivity contribution in [1.82, 2.24) is 5.32 Å². The van der Waals surface area contributed by atoms with Crippen molar-refractivity contribution < 1.29 is 19.1 Å². The van der Waals surface area contributed by atoms with E-state index in [0.717, 1.165) is 5.56 Å². The molecule has 0 bridgehead atoms. The SMILES string of the molecule is Cc1ccc(Cl)c(NC(=O)C(=O)NCC(C)(O)c2ccco2)c1. The molecule has 2 rings (SSSR count). The molecule has 23 heavy (non-hydrogen) atoms. The van der Waals surface area contributed by atoms with Crippen LogP contribution in [0.4, 0.5) is 5.69 Å². The number of hydrogen-bond acceptors (Lipinski definition) is 4. The molecular weight excluding hydrogens is 320 g/mol. The molecule has 0 aliphatic rings. The maximum atomic E-state index is 11.9. The fourth-order valence-electron chi connectivity index (χ4n) is 1.92. The predicted molar refractivity (Wildman–Crippen MR) is 86.1 cm³/mol. The first kappa shape index (κ1) is 17.1. The molecule has 0 aliphatic carbocycles. The highest BCUT2D eigenvalue weighted by atomic mass is 35.5. The minimum Gasteiger partial charge on any atom is -0.466 e. The number of carbonyl (C=O) groups excluding carboxylic acids is 2. The Bertz CT molecular complexity index is 711. The van der Waals surface area contributed by atoms with Crippen LogP contribution in [0.2, 0.25) is 5.02 Å². The first-order valence-electron chi connectivity index (χ1n) is 6.91. The summed E-state index contributed by atoms with van der Waals surface area (Å²) in [5.74, 6) is -1.46. The maximum absolute atomic E-state index is 11.9. The van der Waals surface area contributed by atoms with Gasteiger partial charge in [-0.15, -0.1) is 0 Å². The average molecular weight is 337 g/mol. The van der Waals surface area contributed by atoms with E-state index in [-0.39, 0.29) is 6.54 Å². The Kier molecular flexibility index (Phi) is 5.08. The Morgan fingerprint density at radius 3 is 2.70 bits per heavy atom. The summed E-state index contributed by atoms with van der Waals surface area (Å²) in [4.78, 5) is 23.7. The van der Waals surface area contributed by atoms with E-state index in [1.54, 1.807) is 30.3 Å². The lowest BCUT2D eigenvalue weighted by atomic mass is 10.0. The van der Waals surface area contributed by atoms with Crippen LogP contribution in [-0.4, -0.2) is 23.5 Å². The molecule has 6 nitrogen and oxygen atoms in total. The Labute approximate surface area is 138 Å². The van der Waals surface area contributed by atoms with Gasteiger partial charge in [-0.25, -0.2) is 0 Å². The second kappa shape index (κ2) is 6.85. The Balaban J connectivity index is 1.95. The van der Waals surface area contributed by atoms with Crippen LogP contribution in [0.3, 0.4) is 0 Å². The van der Waals surface area contributed by atoms with E-state index in [2.05, 4.69) is 10.6 Å². The average Bonchev–Trinajstić information content (AvgIpc) is 3.03. The van der Waals surface area contributed by atoms with E-state index in [1.165, 1.54) is 13.2 Å². The van der Waals surface area contributed by atoms with Gasteiger partial charge in [0, 0.05) is 0 Å². The molecule has 1 aromatic heterocycles. The van der Waals surface area contributed by atoms with Crippen molar-refractivity contribution in [2.24, 2.45) is 0 Å². The lowest BCUT2D eigenvalue weighted by Gasteiger charge is -2.20. The molecule has 0 spiro atoms. The maximum Gasteiger partial charge on any atom is 0.313 e. The van der Waals surface area contributed by atoms with E-state index < -0.39 is 17.4 Å². The molecule has 1 aromatic carbocycles. The smallest absolute Gasteiger partial charge is 0.313 e. The van der Waals surface area contributed by atoms with Gasteiger partial charge in [-0.3, -0.25) is 9.59 Å². The summed E-state index contributed by atoms with van der Waals surface area (Å²) >= 11 is 5.96. The number of halogens is 1. The zero-order chi connectivity index (χ0) is 17.0. The number of benzene rings is 1. The lowest BCUT2D eigenvalue weighted by Crippen LogP contribution is -2.43. The highest BCUT2D eigenvalue weighted by Crippen LogP contribution is 2.23. The van der Waals surface area contributed by atoms with Crippen LogP contribution in [-0.2, 0) is 15.2 Å². The summed E-state index contributed by atoms with van der Waals surface area (Å²) < 4.78 is 5.10. The summed E-state index contributed by atoms with van der Waals surface area (Å²) in [7, 11) is 0. The lowest BCUT2D eigenvalue weighted by molar-refractivity contribution is -0.136. The molecular formula is C16H17ClN2O4. The monoisotopic (exact) mass is 336 g/mol. The first-order valence-corrected chi connectivity index (χ1v) is 7.29. The molecule has 7 heteroatoms. The molecule has 1 unspecified atom stereocenters. The number of anilines is 1. The van der Waals surface area contributed by atoms with E-state index in [0.29, 0.717) is 16.5 Å². The molecule has 0 radical (unpaired) electrons. The molecule has 1 heterocycles. The van der Waals surface area contributed by atoms with Crippen LogP contribution in [0.25, 0.3) is 0 Å². The second-order valence-electron chi connectivity index (χ2n) is 5.37. The Hall–Kier alpha value is -2.31. The highest BCUT2D eigenvalue weighted by molar-refractivity contribution is 6.41. The second-order valence-corrected chi connectivity index (χ2v) is 5.78. The number of nitrogens with one attached hydrogen (secondary N) is 2. The number of aryl methyl sites for hydroxylation is 1. The van der Waals surface area contributed by atoms with Crippen molar-refractivity contribution in [3.63, 3.8) is 0 Å². The number of amides is 2. The largest absolute Gasteiger partial charge is 0.466 e. The van der Waals surface area contributed by atoms with Crippen LogP contribution < -0.4 is 10.6 Å². The van der Waals surface area contributed by atoms with Gasteiger partial charge in [-0.2, -0.15) is 0 Å². The third kappa shape index (κ3) is 4.34. The molecule has 2 aromatic rings. The van der Waals surface area contributed by atoms with Gasteiger partial charge in [0.25, 0.3) is 0 Å². The minimum atomic E-state index is -1.42. The zero-order valence-electron chi connectivity index (χ0n) is 12.7. The highest BCUT2D eigenvalue weighted by Gasteiger charge is 2.28. The normalized spacial score (nSPS) is 13.2. The third-order valence-corrected chi connectivity index (χ3v) is 3.55. The minimum absolute atomic E-state index is 0.172. The van der Waals surface area contributed by atoms with Gasteiger partial charge in [0.15, 0.2) is 0 Å². The molecule has 2 amide bonds. The summed E-state index contributed by atoms with van der Waals surface area (Å²) in [5, 5.41) is 15.3. The first-order chi connectivity index (χ1) is 10.8. The van der Waals surface area contributed by atoms with Gasteiger partial charge in [-0.1, -0.05) is 17.7 Å². The number of furan rings is 1. The van der Waals surface area contributed by atoms with Crippen LogP contribution in [0.1, 0.15) is 18.2 Å². The quantitative estimate of drug-likeness (QED) is 0.746. The van der Waals surface area contributed by atoms with Crippen molar-refractivity contribution in [2.45, 2.75) is 19.4 Å². The molecule has 0 fully saturated rings. The van der Waals surface area contributed by atoms with Gasteiger partial charge in [0.05, 0.1) is 23.5 Å². The molecule has 0 saturated carbocycles. The van der Waals surface area contributed by atoms with E-state index in [9.17, 15) is 14.7 Å². The van der Waals surface area contributed by atoms with Crippen molar-refractivity contribution in [3.8, 4) is 0 Å². The number of carbonyl (C=O) groups is 2. The fourth-order valence-corrected chi connectivity index (χ4v) is 2.08. The summed E-state index contributed by atoms with van der Waals surface area (Å²) in [5.41, 5.74) is -0.170. The van der Waals surface area contributed by atoms with E-state index >= 15 is 0 Å². The Morgan fingerprint density at radius 2 is 2.04 bits per heavy atom. The molecule has 1 atom stereocenters. The number of hydrogen-bond donors (Lipinski definition) is 3. The van der Waals surface area contributed by atoms with Crippen LogP contribution in [0.5, 0.6) is 0 Å². The van der Waals surface area contributed by atoms with Gasteiger partial charge in [0.2, 0.25) is 0 Å². The molecule has 0 aliphatic heterocycles. The zero-order valence-corrected chi connectivity index (χ0v) is 13.5. The van der Waals surface area contributed by atoms with Crippen LogP contribution >= 0.6 is 11.6 Å². The summed E-state index contributed by atoms with van der Waals surface area (Å²) in [6.07, 6.45) is 1.41. The Morgan fingerprint density at radius 1 is 1.30 bits per heavy atom. The van der Waals surface area contributed by atoms with E-state index in [4.69, 9.17) is 16.0 Å². The standard InChI is InChI=1S/C16H17ClN2O4/c1-10-5-6-11(17)12(8-10)19-15(21)14(20)18-9-16(2,22)13-4-3-7-23-13/h3-8,22H,9H2,1-2H3,(H,18,20)(H,19,21). The molecule has 3 N–H and O–H groups in total. The number of aliphatic hydroxyl groups is 1. The fraction of sp³-hybridized carbons (Fsp3) is 0.250. The number of rotatable bonds is 4. The van der Waals surface area contributed by atoms with Gasteiger partial charge < -0.3 is 20.2 Å². The van der Waals surface area contributed by atoms with Crippen molar-refractivity contribution in [2.75, 3.05) is 11.9 Å². The summed E-state index contributed by atoms with van der Waals surface area (Å²) in [6, 6.07) is 8.29. The van der Waals surface area contributed by atoms with E-state index in [1.807, 2.05) is 6.92 Å². The van der Waals surface area contributed by atoms with Crippen molar-refractivity contribution in [1.29, 1.82) is 0 Å². The topological polar surface area (TPSA) is 91.6 Å².